The van der Waals surface area contributed by atoms with Gasteiger partial charge in [-0.2, -0.15) is 5.10 Å². The van der Waals surface area contributed by atoms with E-state index >= 15 is 0 Å². The van der Waals surface area contributed by atoms with Gasteiger partial charge in [-0.3, -0.25) is 10.1 Å². The number of rotatable bonds is 5. The van der Waals surface area contributed by atoms with Crippen LogP contribution in [0.3, 0.4) is 0 Å². The van der Waals surface area contributed by atoms with E-state index in [4.69, 9.17) is 15.2 Å². The number of ether oxygens (including phenoxy) is 2. The number of H-pyrrole nitrogens is 1. The number of hydrogen-bond acceptors (Lipinski definition) is 5. The number of benzene rings is 2. The summed E-state index contributed by atoms with van der Waals surface area (Å²) in [6, 6.07) is 15.4. The first-order chi connectivity index (χ1) is 12.7. The summed E-state index contributed by atoms with van der Waals surface area (Å²) >= 11 is 0. The Balaban J connectivity index is 1.61. The second-order valence-electron chi connectivity index (χ2n) is 5.75. The molecule has 0 atom stereocenters. The zero-order valence-electron chi connectivity index (χ0n) is 14.3. The third kappa shape index (κ3) is 3.04. The van der Waals surface area contributed by atoms with Crippen molar-refractivity contribution in [1.82, 2.24) is 15.2 Å². The molecule has 0 aliphatic rings. The second kappa shape index (κ2) is 6.76. The van der Waals surface area contributed by atoms with Crippen LogP contribution in [0.5, 0.6) is 17.2 Å². The van der Waals surface area contributed by atoms with E-state index in [2.05, 4.69) is 15.2 Å². The minimum atomic E-state index is 0.463. The van der Waals surface area contributed by atoms with Crippen molar-refractivity contribution in [2.45, 2.75) is 6.92 Å². The summed E-state index contributed by atoms with van der Waals surface area (Å²) in [5.74, 6) is 2.72. The number of pyridine rings is 1. The number of nitrogens with one attached hydrogen (secondary N) is 1. The first-order valence-electron chi connectivity index (χ1n) is 8.33. The summed E-state index contributed by atoms with van der Waals surface area (Å²) in [6.07, 6.45) is 3.50. The Morgan fingerprint density at radius 2 is 1.81 bits per heavy atom. The lowest BCUT2D eigenvalue weighted by Gasteiger charge is -2.09. The summed E-state index contributed by atoms with van der Waals surface area (Å²) < 4.78 is 11.4. The molecule has 130 valence electrons. The van der Waals surface area contributed by atoms with Crippen molar-refractivity contribution in [3.05, 3.63) is 60.9 Å². The molecule has 0 saturated heterocycles. The van der Waals surface area contributed by atoms with E-state index in [0.29, 0.717) is 12.4 Å². The fourth-order valence-electron chi connectivity index (χ4n) is 2.85. The Morgan fingerprint density at radius 1 is 1.00 bits per heavy atom. The van der Waals surface area contributed by atoms with Crippen LogP contribution >= 0.6 is 0 Å². The number of nitrogens with zero attached hydrogens (tertiary/aromatic N) is 2. The summed E-state index contributed by atoms with van der Waals surface area (Å²) in [5, 5.41) is 7.81. The van der Waals surface area contributed by atoms with Gasteiger partial charge in [-0.25, -0.2) is 0 Å². The summed E-state index contributed by atoms with van der Waals surface area (Å²) in [5.41, 5.74) is 8.71. The molecule has 0 unspecified atom stereocenters. The molecule has 0 fully saturated rings. The molecular formula is C20H18N4O2. The Hall–Kier alpha value is -3.54. The number of anilines is 1. The molecule has 0 bridgehead atoms. The molecule has 2 aromatic heterocycles. The van der Waals surface area contributed by atoms with Crippen molar-refractivity contribution < 1.29 is 9.47 Å². The van der Waals surface area contributed by atoms with Gasteiger partial charge in [0.2, 0.25) is 0 Å². The maximum Gasteiger partial charge on any atom is 0.153 e. The van der Waals surface area contributed by atoms with Crippen LogP contribution in [0.4, 0.5) is 5.82 Å². The average molecular weight is 346 g/mol. The minimum Gasteiger partial charge on any atom is -0.494 e. The molecule has 0 spiro atoms. The molecule has 2 aromatic carbocycles. The third-order valence-electron chi connectivity index (χ3n) is 4.02. The highest BCUT2D eigenvalue weighted by Gasteiger charge is 2.10. The Labute approximate surface area is 150 Å². The largest absolute Gasteiger partial charge is 0.494 e. The molecule has 2 heterocycles. The quantitative estimate of drug-likeness (QED) is 0.559. The summed E-state index contributed by atoms with van der Waals surface area (Å²) in [4.78, 5) is 4.25. The minimum absolute atomic E-state index is 0.463. The van der Waals surface area contributed by atoms with E-state index in [0.717, 1.165) is 39.3 Å². The topological polar surface area (TPSA) is 86.0 Å². The zero-order chi connectivity index (χ0) is 17.9. The van der Waals surface area contributed by atoms with Crippen LogP contribution in [-0.4, -0.2) is 21.8 Å². The lowest BCUT2D eigenvalue weighted by atomic mass is 10.0. The lowest BCUT2D eigenvalue weighted by Crippen LogP contribution is -1.92. The summed E-state index contributed by atoms with van der Waals surface area (Å²) in [6.45, 7) is 2.57. The van der Waals surface area contributed by atoms with Gasteiger partial charge in [-0.15, -0.1) is 0 Å². The third-order valence-corrected chi connectivity index (χ3v) is 4.02. The molecule has 6 nitrogen and oxygen atoms in total. The zero-order valence-corrected chi connectivity index (χ0v) is 14.3. The SMILES string of the molecule is CCOc1cccc(Oc2ccc(-c3cncc4[nH]nc(N)c34)cc2)c1. The number of nitrogen functional groups attached to an aromatic ring is 1. The van der Waals surface area contributed by atoms with E-state index in [1.54, 1.807) is 12.4 Å². The normalized spacial score (nSPS) is 10.8. The number of aromatic nitrogens is 3. The van der Waals surface area contributed by atoms with E-state index < -0.39 is 0 Å². The molecule has 26 heavy (non-hydrogen) atoms. The van der Waals surface area contributed by atoms with Gasteiger partial charge in [0.25, 0.3) is 0 Å². The van der Waals surface area contributed by atoms with E-state index in [1.807, 2.05) is 55.5 Å². The maximum atomic E-state index is 5.98. The molecule has 3 N–H and O–H groups in total. The van der Waals surface area contributed by atoms with Gasteiger partial charge in [-0.1, -0.05) is 18.2 Å². The molecule has 0 amide bonds. The van der Waals surface area contributed by atoms with Crippen molar-refractivity contribution in [3.8, 4) is 28.4 Å². The smallest absolute Gasteiger partial charge is 0.153 e. The molecule has 6 heteroatoms. The van der Waals surface area contributed by atoms with Crippen molar-refractivity contribution in [2.24, 2.45) is 0 Å². The molecular weight excluding hydrogens is 328 g/mol. The van der Waals surface area contributed by atoms with Gasteiger partial charge >= 0.3 is 0 Å². The van der Waals surface area contributed by atoms with Crippen LogP contribution in [0.1, 0.15) is 6.92 Å². The Morgan fingerprint density at radius 3 is 2.62 bits per heavy atom. The van der Waals surface area contributed by atoms with Crippen LogP contribution in [0.25, 0.3) is 22.0 Å². The predicted molar refractivity (Wildman–Crippen MR) is 101 cm³/mol. The Kier molecular flexibility index (Phi) is 4.15. The van der Waals surface area contributed by atoms with Crippen LogP contribution in [-0.2, 0) is 0 Å². The molecule has 4 rings (SSSR count). The molecule has 4 aromatic rings. The maximum absolute atomic E-state index is 5.98. The van der Waals surface area contributed by atoms with Gasteiger partial charge in [0.05, 0.1) is 23.7 Å². The van der Waals surface area contributed by atoms with Crippen LogP contribution in [0.2, 0.25) is 0 Å². The number of hydrogen-bond donors (Lipinski definition) is 2. The van der Waals surface area contributed by atoms with Gasteiger partial charge in [-0.05, 0) is 36.8 Å². The van der Waals surface area contributed by atoms with Crippen LogP contribution < -0.4 is 15.2 Å². The van der Waals surface area contributed by atoms with E-state index in [-0.39, 0.29) is 0 Å². The first-order valence-corrected chi connectivity index (χ1v) is 8.33. The highest BCUT2D eigenvalue weighted by molar-refractivity contribution is 6.00. The Bertz CT molecular complexity index is 1040. The van der Waals surface area contributed by atoms with E-state index in [1.165, 1.54) is 0 Å². The van der Waals surface area contributed by atoms with Crippen molar-refractivity contribution in [3.63, 3.8) is 0 Å². The van der Waals surface area contributed by atoms with E-state index in [9.17, 15) is 0 Å². The van der Waals surface area contributed by atoms with Crippen LogP contribution in [0.15, 0.2) is 60.9 Å². The lowest BCUT2D eigenvalue weighted by molar-refractivity contribution is 0.338. The number of nitrogens with two attached hydrogens (primary N) is 1. The highest BCUT2D eigenvalue weighted by atomic mass is 16.5. The van der Waals surface area contributed by atoms with Gasteiger partial charge in [0, 0.05) is 17.8 Å². The fraction of sp³-hybridized carbons (Fsp3) is 0.100. The molecule has 0 aliphatic carbocycles. The fourth-order valence-corrected chi connectivity index (χ4v) is 2.85. The monoisotopic (exact) mass is 346 g/mol. The van der Waals surface area contributed by atoms with Crippen molar-refractivity contribution in [1.29, 1.82) is 0 Å². The number of aromatic amines is 1. The highest BCUT2D eigenvalue weighted by Crippen LogP contribution is 2.32. The average Bonchev–Trinajstić information content (AvgIpc) is 3.04. The second-order valence-corrected chi connectivity index (χ2v) is 5.75. The first kappa shape index (κ1) is 16.0. The predicted octanol–water partition coefficient (Wildman–Crippen LogP) is 4.40. The van der Waals surface area contributed by atoms with Crippen molar-refractivity contribution in [2.75, 3.05) is 12.3 Å². The van der Waals surface area contributed by atoms with Crippen LogP contribution in [0, 0.1) is 0 Å². The molecule has 0 aliphatic heterocycles. The van der Waals surface area contributed by atoms with Crippen molar-refractivity contribution >= 4 is 16.7 Å². The number of fused-ring (bicyclic) bond motifs is 1. The molecule has 0 saturated carbocycles. The van der Waals surface area contributed by atoms with Gasteiger partial charge < -0.3 is 15.2 Å². The molecule has 0 radical (unpaired) electrons. The standard InChI is InChI=1S/C20H18N4O2/c1-2-25-15-4-3-5-16(10-15)26-14-8-6-13(7-9-14)17-11-22-12-18-19(17)20(21)24-23-18/h3-12H,2H2,1H3,(H3,21,23,24). The van der Waals surface area contributed by atoms with Gasteiger partial charge in [0.1, 0.15) is 17.2 Å². The summed E-state index contributed by atoms with van der Waals surface area (Å²) in [7, 11) is 0. The van der Waals surface area contributed by atoms with Gasteiger partial charge in [0.15, 0.2) is 5.82 Å².